The van der Waals surface area contributed by atoms with Crippen LogP contribution in [0.25, 0.3) is 0 Å². The SMILES string of the molecule is CCn1nc(C)c(Cl)c1CC(N)C1(C)CCCC1. The average molecular weight is 270 g/mol. The van der Waals surface area contributed by atoms with Crippen LogP contribution >= 0.6 is 11.6 Å². The van der Waals surface area contributed by atoms with Crippen molar-refractivity contribution >= 4 is 11.6 Å². The van der Waals surface area contributed by atoms with E-state index in [1.165, 1.54) is 25.7 Å². The predicted molar refractivity (Wildman–Crippen MR) is 75.9 cm³/mol. The first-order chi connectivity index (χ1) is 8.48. The van der Waals surface area contributed by atoms with Crippen molar-refractivity contribution in [2.24, 2.45) is 11.1 Å². The molecular weight excluding hydrogens is 246 g/mol. The topological polar surface area (TPSA) is 43.8 Å². The van der Waals surface area contributed by atoms with E-state index < -0.39 is 0 Å². The second kappa shape index (κ2) is 5.22. The van der Waals surface area contributed by atoms with Crippen molar-refractivity contribution in [3.63, 3.8) is 0 Å². The third kappa shape index (κ3) is 2.43. The van der Waals surface area contributed by atoms with Gasteiger partial charge >= 0.3 is 0 Å². The van der Waals surface area contributed by atoms with Gasteiger partial charge in [-0.3, -0.25) is 4.68 Å². The molecule has 1 aliphatic rings. The lowest BCUT2D eigenvalue weighted by Gasteiger charge is -2.31. The Kier molecular flexibility index (Phi) is 4.02. The highest BCUT2D eigenvalue weighted by molar-refractivity contribution is 6.31. The third-order valence-electron chi connectivity index (χ3n) is 4.51. The summed E-state index contributed by atoms with van der Waals surface area (Å²) in [6.07, 6.45) is 5.94. The van der Waals surface area contributed by atoms with Crippen LogP contribution in [0.3, 0.4) is 0 Å². The van der Waals surface area contributed by atoms with Gasteiger partial charge in [0, 0.05) is 19.0 Å². The van der Waals surface area contributed by atoms with Crippen LogP contribution in [-0.2, 0) is 13.0 Å². The van der Waals surface area contributed by atoms with E-state index in [4.69, 9.17) is 17.3 Å². The molecule has 0 aromatic carbocycles. The second-order valence-corrected chi connectivity index (χ2v) is 6.21. The number of nitrogens with zero attached hydrogens (tertiary/aromatic N) is 2. The number of nitrogens with two attached hydrogens (primary N) is 1. The second-order valence-electron chi connectivity index (χ2n) is 5.83. The number of aryl methyl sites for hydroxylation is 2. The fourth-order valence-corrected chi connectivity index (χ4v) is 3.28. The average Bonchev–Trinajstić information content (AvgIpc) is 2.89. The molecule has 0 saturated heterocycles. The molecule has 0 amide bonds. The summed E-state index contributed by atoms with van der Waals surface area (Å²) in [4.78, 5) is 0. The van der Waals surface area contributed by atoms with Crippen molar-refractivity contribution in [1.82, 2.24) is 9.78 Å². The van der Waals surface area contributed by atoms with Gasteiger partial charge in [0.05, 0.1) is 16.4 Å². The summed E-state index contributed by atoms with van der Waals surface area (Å²) in [7, 11) is 0. The van der Waals surface area contributed by atoms with Gasteiger partial charge in [0.2, 0.25) is 0 Å². The minimum absolute atomic E-state index is 0.180. The van der Waals surface area contributed by atoms with E-state index in [2.05, 4.69) is 18.9 Å². The molecule has 4 heteroatoms. The van der Waals surface area contributed by atoms with E-state index in [0.29, 0.717) is 0 Å². The van der Waals surface area contributed by atoms with Crippen molar-refractivity contribution in [3.8, 4) is 0 Å². The van der Waals surface area contributed by atoms with Gasteiger partial charge in [0.25, 0.3) is 0 Å². The van der Waals surface area contributed by atoms with Crippen molar-refractivity contribution < 1.29 is 0 Å². The Morgan fingerprint density at radius 2 is 2.06 bits per heavy atom. The van der Waals surface area contributed by atoms with Gasteiger partial charge in [-0.15, -0.1) is 0 Å². The third-order valence-corrected chi connectivity index (χ3v) is 5.00. The highest BCUT2D eigenvalue weighted by Crippen LogP contribution is 2.41. The number of halogens is 1. The van der Waals surface area contributed by atoms with Crippen molar-refractivity contribution in [2.45, 2.75) is 65.5 Å². The smallest absolute Gasteiger partial charge is 0.0847 e. The Labute approximate surface area is 115 Å². The van der Waals surface area contributed by atoms with Crippen LogP contribution in [0.15, 0.2) is 0 Å². The summed E-state index contributed by atoms with van der Waals surface area (Å²) >= 11 is 6.35. The van der Waals surface area contributed by atoms with Gasteiger partial charge in [0.15, 0.2) is 0 Å². The molecule has 2 rings (SSSR count). The fraction of sp³-hybridized carbons (Fsp3) is 0.786. The standard InChI is InChI=1S/C14H24ClN3/c1-4-18-11(13(15)10(2)17-18)9-12(16)14(3)7-5-6-8-14/h12H,4-9,16H2,1-3H3. The zero-order valence-electron chi connectivity index (χ0n) is 11.7. The lowest BCUT2D eigenvalue weighted by molar-refractivity contribution is 0.257. The van der Waals surface area contributed by atoms with Crippen LogP contribution in [-0.4, -0.2) is 15.8 Å². The monoisotopic (exact) mass is 269 g/mol. The summed E-state index contributed by atoms with van der Waals surface area (Å²) in [5.74, 6) is 0. The maximum absolute atomic E-state index is 6.45. The molecule has 1 saturated carbocycles. The molecule has 102 valence electrons. The molecule has 1 aromatic rings. The fourth-order valence-electron chi connectivity index (χ4n) is 3.07. The molecule has 0 bridgehead atoms. The predicted octanol–water partition coefficient (Wildman–Crippen LogP) is 3.31. The molecule has 1 unspecified atom stereocenters. The zero-order valence-corrected chi connectivity index (χ0v) is 12.4. The maximum Gasteiger partial charge on any atom is 0.0847 e. The first-order valence-electron chi connectivity index (χ1n) is 6.95. The van der Waals surface area contributed by atoms with Crippen LogP contribution in [0.1, 0.15) is 50.9 Å². The largest absolute Gasteiger partial charge is 0.327 e. The molecule has 2 N–H and O–H groups in total. The first-order valence-corrected chi connectivity index (χ1v) is 7.33. The highest BCUT2D eigenvalue weighted by atomic mass is 35.5. The molecule has 1 heterocycles. The molecule has 1 fully saturated rings. The van der Waals surface area contributed by atoms with E-state index in [9.17, 15) is 0 Å². The Morgan fingerprint density at radius 1 is 1.44 bits per heavy atom. The molecule has 1 aliphatic carbocycles. The van der Waals surface area contributed by atoms with E-state index in [1.807, 2.05) is 11.6 Å². The molecule has 3 nitrogen and oxygen atoms in total. The van der Waals surface area contributed by atoms with Crippen molar-refractivity contribution in [1.29, 1.82) is 0 Å². The van der Waals surface area contributed by atoms with Crippen LogP contribution in [0.5, 0.6) is 0 Å². The summed E-state index contributed by atoms with van der Waals surface area (Å²) in [6, 6.07) is 0.180. The van der Waals surface area contributed by atoms with Gasteiger partial charge < -0.3 is 5.73 Å². The minimum atomic E-state index is 0.180. The quantitative estimate of drug-likeness (QED) is 0.911. The number of hydrogen-bond acceptors (Lipinski definition) is 2. The Bertz CT molecular complexity index is 419. The normalized spacial score (nSPS) is 20.3. The minimum Gasteiger partial charge on any atom is -0.327 e. The van der Waals surface area contributed by atoms with E-state index in [1.54, 1.807) is 0 Å². The first kappa shape index (κ1) is 13.9. The summed E-state index contributed by atoms with van der Waals surface area (Å²) < 4.78 is 2.00. The molecule has 0 spiro atoms. The summed E-state index contributed by atoms with van der Waals surface area (Å²) in [6.45, 7) is 7.22. The van der Waals surface area contributed by atoms with Gasteiger partial charge in [-0.1, -0.05) is 31.4 Å². The van der Waals surface area contributed by atoms with Crippen LogP contribution in [0.2, 0.25) is 5.02 Å². The van der Waals surface area contributed by atoms with Gasteiger partial charge in [-0.2, -0.15) is 5.10 Å². The van der Waals surface area contributed by atoms with Crippen LogP contribution in [0, 0.1) is 12.3 Å². The Morgan fingerprint density at radius 3 is 2.61 bits per heavy atom. The Hall–Kier alpha value is -0.540. The molecule has 1 atom stereocenters. The van der Waals surface area contributed by atoms with E-state index in [-0.39, 0.29) is 11.5 Å². The molecular formula is C14H24ClN3. The lowest BCUT2D eigenvalue weighted by atomic mass is 9.79. The Balaban J connectivity index is 2.18. The molecule has 0 radical (unpaired) electrons. The highest BCUT2D eigenvalue weighted by Gasteiger charge is 2.35. The number of rotatable bonds is 4. The van der Waals surface area contributed by atoms with Crippen LogP contribution < -0.4 is 5.73 Å². The molecule has 18 heavy (non-hydrogen) atoms. The van der Waals surface area contributed by atoms with Gasteiger partial charge in [-0.25, -0.2) is 0 Å². The molecule has 1 aromatic heterocycles. The van der Waals surface area contributed by atoms with Crippen molar-refractivity contribution in [2.75, 3.05) is 0 Å². The zero-order chi connectivity index (χ0) is 13.3. The number of hydrogen-bond donors (Lipinski definition) is 1. The van der Waals surface area contributed by atoms with Gasteiger partial charge in [-0.05, 0) is 32.1 Å². The summed E-state index contributed by atoms with van der Waals surface area (Å²) in [5.41, 5.74) is 8.75. The number of aromatic nitrogens is 2. The van der Waals surface area contributed by atoms with Crippen molar-refractivity contribution in [3.05, 3.63) is 16.4 Å². The van der Waals surface area contributed by atoms with Gasteiger partial charge in [0.1, 0.15) is 0 Å². The van der Waals surface area contributed by atoms with E-state index in [0.717, 1.165) is 29.4 Å². The lowest BCUT2D eigenvalue weighted by Crippen LogP contribution is -2.39. The van der Waals surface area contributed by atoms with E-state index >= 15 is 0 Å². The molecule has 0 aliphatic heterocycles. The summed E-state index contributed by atoms with van der Waals surface area (Å²) in [5, 5.41) is 5.26. The van der Waals surface area contributed by atoms with Crippen LogP contribution in [0.4, 0.5) is 0 Å². The maximum atomic E-state index is 6.45.